The number of piperidine rings is 1. The van der Waals surface area contributed by atoms with Gasteiger partial charge >= 0.3 is 6.18 Å². The quantitative estimate of drug-likeness (QED) is 0.413. The Kier molecular flexibility index (Phi) is 8.74. The van der Waals surface area contributed by atoms with Crippen LogP contribution in [-0.4, -0.2) is 19.0 Å². The predicted octanol–water partition coefficient (Wildman–Crippen LogP) is 7.78. The molecule has 6 heteroatoms. The average molecular weight is 487 g/mol. The van der Waals surface area contributed by atoms with Gasteiger partial charge in [0.1, 0.15) is 0 Å². The summed E-state index contributed by atoms with van der Waals surface area (Å²) in [5, 5.41) is 3.18. The van der Waals surface area contributed by atoms with E-state index in [-0.39, 0.29) is 5.91 Å². The van der Waals surface area contributed by atoms with Gasteiger partial charge in [-0.15, -0.1) is 0 Å². The topological polar surface area (TPSA) is 32.3 Å². The minimum Gasteiger partial charge on any atom is -0.370 e. The summed E-state index contributed by atoms with van der Waals surface area (Å²) in [6, 6.07) is 11.6. The van der Waals surface area contributed by atoms with Crippen LogP contribution in [-0.2, 0) is 23.8 Å². The van der Waals surface area contributed by atoms with E-state index in [9.17, 15) is 18.0 Å². The first-order valence-electron chi connectivity index (χ1n) is 13.2. The lowest BCUT2D eigenvalue weighted by molar-refractivity contribution is -0.137. The third kappa shape index (κ3) is 7.49. The molecule has 1 amide bonds. The van der Waals surface area contributed by atoms with E-state index in [1.807, 2.05) is 12.1 Å². The Bertz CT molecular complexity index is 959. The molecule has 35 heavy (non-hydrogen) atoms. The van der Waals surface area contributed by atoms with Crippen LogP contribution in [0.25, 0.3) is 0 Å². The van der Waals surface area contributed by atoms with Crippen LogP contribution in [0.4, 0.5) is 24.5 Å². The number of hydrogen-bond acceptors (Lipinski definition) is 2. The van der Waals surface area contributed by atoms with Crippen molar-refractivity contribution < 1.29 is 18.0 Å². The van der Waals surface area contributed by atoms with Gasteiger partial charge in [0.15, 0.2) is 0 Å². The Balaban J connectivity index is 1.41. The molecular weight excluding hydrogens is 449 g/mol. The number of carbonyl (C=O) groups is 1. The number of nitrogens with zero attached hydrogens (tertiary/aromatic N) is 1. The smallest absolute Gasteiger partial charge is 0.370 e. The third-order valence-electron chi connectivity index (χ3n) is 7.52. The summed E-state index contributed by atoms with van der Waals surface area (Å²) in [5.41, 5.74) is 3.35. The van der Waals surface area contributed by atoms with Crippen molar-refractivity contribution in [3.8, 4) is 0 Å². The van der Waals surface area contributed by atoms with Crippen LogP contribution >= 0.6 is 0 Å². The number of amides is 1. The summed E-state index contributed by atoms with van der Waals surface area (Å²) in [7, 11) is 0. The normalized spacial score (nSPS) is 17.4. The summed E-state index contributed by atoms with van der Waals surface area (Å²) in [4.78, 5) is 15.1. The zero-order chi connectivity index (χ0) is 24.7. The van der Waals surface area contributed by atoms with E-state index in [0.29, 0.717) is 18.8 Å². The number of anilines is 2. The van der Waals surface area contributed by atoms with Gasteiger partial charge in [-0.25, -0.2) is 0 Å². The molecule has 0 unspecified atom stereocenters. The number of rotatable bonds is 8. The molecule has 3 nitrogen and oxygen atoms in total. The molecule has 2 aliphatic rings. The van der Waals surface area contributed by atoms with E-state index in [1.165, 1.54) is 38.5 Å². The molecule has 2 aromatic rings. The van der Waals surface area contributed by atoms with Crippen molar-refractivity contribution in [1.82, 2.24) is 0 Å². The van der Waals surface area contributed by atoms with Gasteiger partial charge in [0.2, 0.25) is 5.91 Å². The molecule has 190 valence electrons. The molecule has 1 heterocycles. The number of carbonyl (C=O) groups excluding carboxylic acids is 1. The summed E-state index contributed by atoms with van der Waals surface area (Å²) in [6.07, 6.45) is 8.57. The van der Waals surface area contributed by atoms with Crippen LogP contribution in [0.5, 0.6) is 0 Å². The first kappa shape index (κ1) is 25.6. The molecule has 0 atom stereocenters. The van der Waals surface area contributed by atoms with Crippen molar-refractivity contribution in [3.63, 3.8) is 0 Å². The number of nitrogens with one attached hydrogen (secondary N) is 1. The summed E-state index contributed by atoms with van der Waals surface area (Å²) < 4.78 is 38.5. The van der Waals surface area contributed by atoms with E-state index >= 15 is 0 Å². The van der Waals surface area contributed by atoms with Crippen LogP contribution < -0.4 is 10.2 Å². The van der Waals surface area contributed by atoms with Crippen LogP contribution in [0, 0.1) is 5.92 Å². The Labute approximate surface area is 207 Å². The minimum absolute atomic E-state index is 0.0892. The Morgan fingerprint density at radius 2 is 1.49 bits per heavy atom. The maximum absolute atomic E-state index is 12.8. The molecule has 0 spiro atoms. The highest BCUT2D eigenvalue weighted by molar-refractivity contribution is 5.94. The lowest BCUT2D eigenvalue weighted by atomic mass is 9.86. The van der Waals surface area contributed by atoms with E-state index in [2.05, 4.69) is 16.3 Å². The molecule has 1 aliphatic heterocycles. The number of halogens is 3. The zero-order valence-electron chi connectivity index (χ0n) is 20.5. The highest BCUT2D eigenvalue weighted by atomic mass is 19.4. The SMILES string of the molecule is O=C(CCC1CCCCC1)Nc1ccc(CCc2ccc(C(F)(F)F)cc2)cc1N1CCCCC1. The van der Waals surface area contributed by atoms with Crippen LogP contribution in [0.3, 0.4) is 0 Å². The van der Waals surface area contributed by atoms with Crippen molar-refractivity contribution >= 4 is 17.3 Å². The number of benzene rings is 2. The van der Waals surface area contributed by atoms with Crippen LogP contribution in [0.2, 0.25) is 0 Å². The van der Waals surface area contributed by atoms with Gasteiger partial charge in [-0.2, -0.15) is 13.2 Å². The standard InChI is InChI=1S/C29H37F3N2O/c30-29(31,32)25-15-11-23(12-16-25)9-10-24-13-17-26(27(21-24)34-19-5-2-6-20-34)33-28(35)18-14-22-7-3-1-4-8-22/h11-13,15-17,21-22H,1-10,14,18-20H2,(H,33,35). The summed E-state index contributed by atoms with van der Waals surface area (Å²) in [5.74, 6) is 0.773. The molecule has 2 fully saturated rings. The summed E-state index contributed by atoms with van der Waals surface area (Å²) >= 11 is 0. The summed E-state index contributed by atoms with van der Waals surface area (Å²) in [6.45, 7) is 1.96. The maximum atomic E-state index is 12.8. The van der Waals surface area contributed by atoms with Crippen molar-refractivity contribution in [2.24, 2.45) is 5.92 Å². The molecule has 2 aromatic carbocycles. The van der Waals surface area contributed by atoms with Crippen LogP contribution in [0.1, 0.15) is 80.9 Å². The van der Waals surface area contributed by atoms with Gasteiger partial charge in [-0.05, 0) is 79.8 Å². The van der Waals surface area contributed by atoms with Gasteiger partial charge in [-0.3, -0.25) is 4.79 Å². The fourth-order valence-corrected chi connectivity index (χ4v) is 5.41. The fourth-order valence-electron chi connectivity index (χ4n) is 5.41. The van der Waals surface area contributed by atoms with E-state index in [1.54, 1.807) is 12.1 Å². The zero-order valence-corrected chi connectivity index (χ0v) is 20.5. The van der Waals surface area contributed by atoms with Gasteiger partial charge in [0, 0.05) is 19.5 Å². The van der Waals surface area contributed by atoms with Gasteiger partial charge in [-0.1, -0.05) is 50.3 Å². The fraction of sp³-hybridized carbons (Fsp3) is 0.552. The Morgan fingerprint density at radius 1 is 0.857 bits per heavy atom. The molecular formula is C29H37F3N2O. The van der Waals surface area contributed by atoms with Gasteiger partial charge in [0.25, 0.3) is 0 Å². The lowest BCUT2D eigenvalue weighted by Crippen LogP contribution is -2.30. The maximum Gasteiger partial charge on any atom is 0.416 e. The highest BCUT2D eigenvalue weighted by Gasteiger charge is 2.29. The molecule has 0 bridgehead atoms. The Hall–Kier alpha value is -2.50. The van der Waals surface area contributed by atoms with Crippen molar-refractivity contribution in [2.75, 3.05) is 23.3 Å². The molecule has 0 aromatic heterocycles. The third-order valence-corrected chi connectivity index (χ3v) is 7.52. The van der Waals surface area contributed by atoms with E-state index in [0.717, 1.165) is 73.4 Å². The molecule has 1 N–H and O–H groups in total. The van der Waals surface area contributed by atoms with Gasteiger partial charge < -0.3 is 10.2 Å². The van der Waals surface area contributed by atoms with Crippen molar-refractivity contribution in [1.29, 1.82) is 0 Å². The van der Waals surface area contributed by atoms with Crippen LogP contribution in [0.15, 0.2) is 42.5 Å². The van der Waals surface area contributed by atoms with E-state index in [4.69, 9.17) is 0 Å². The molecule has 0 radical (unpaired) electrons. The Morgan fingerprint density at radius 3 is 2.17 bits per heavy atom. The molecule has 4 rings (SSSR count). The molecule has 1 saturated heterocycles. The number of alkyl halides is 3. The second kappa shape index (κ2) is 12.0. The van der Waals surface area contributed by atoms with E-state index < -0.39 is 11.7 Å². The minimum atomic E-state index is -4.31. The van der Waals surface area contributed by atoms with Crippen molar-refractivity contribution in [3.05, 3.63) is 59.2 Å². The van der Waals surface area contributed by atoms with Gasteiger partial charge in [0.05, 0.1) is 16.9 Å². The highest BCUT2D eigenvalue weighted by Crippen LogP contribution is 2.32. The number of aryl methyl sites for hydroxylation is 2. The largest absolute Gasteiger partial charge is 0.416 e. The molecule has 1 saturated carbocycles. The second-order valence-corrected chi connectivity index (χ2v) is 10.2. The lowest BCUT2D eigenvalue weighted by Gasteiger charge is -2.31. The second-order valence-electron chi connectivity index (χ2n) is 10.2. The first-order valence-corrected chi connectivity index (χ1v) is 13.2. The van der Waals surface area contributed by atoms with Crippen molar-refractivity contribution in [2.45, 2.75) is 83.2 Å². The average Bonchev–Trinajstić information content (AvgIpc) is 2.88. The monoisotopic (exact) mass is 486 g/mol. The first-order chi connectivity index (χ1) is 16.9. The predicted molar refractivity (Wildman–Crippen MR) is 136 cm³/mol. The molecule has 1 aliphatic carbocycles. The number of hydrogen-bond donors (Lipinski definition) is 1.